The Kier molecular flexibility index (Phi) is 5.79. The second-order valence-electron chi connectivity index (χ2n) is 6.38. The molecule has 0 aromatic carbocycles. The van der Waals surface area contributed by atoms with Crippen LogP contribution in [0.1, 0.15) is 31.0 Å². The van der Waals surface area contributed by atoms with E-state index in [4.69, 9.17) is 4.74 Å². The molecule has 1 N–H and O–H groups in total. The summed E-state index contributed by atoms with van der Waals surface area (Å²) in [6.45, 7) is 3.91. The number of ether oxygens (including phenoxy) is 1. The topological polar surface area (TPSA) is 71.1 Å². The van der Waals surface area contributed by atoms with E-state index in [9.17, 15) is 18.0 Å². The van der Waals surface area contributed by atoms with Gasteiger partial charge in [0.2, 0.25) is 5.95 Å². The third kappa shape index (κ3) is 4.65. The van der Waals surface area contributed by atoms with Crippen LogP contribution < -0.4 is 10.5 Å². The highest BCUT2D eigenvalue weighted by Crippen LogP contribution is 2.36. The fraction of sp³-hybridized carbons (Fsp3) is 0.500. The van der Waals surface area contributed by atoms with Crippen molar-refractivity contribution in [2.24, 2.45) is 0 Å². The summed E-state index contributed by atoms with van der Waals surface area (Å²) >= 11 is 0. The first-order valence-corrected chi connectivity index (χ1v) is 8.89. The molecule has 1 saturated heterocycles. The molecular weight excluding hydrogens is 361 g/mol. The van der Waals surface area contributed by atoms with Gasteiger partial charge in [-0.25, -0.2) is 4.98 Å². The average molecular weight is 382 g/mol. The van der Waals surface area contributed by atoms with Gasteiger partial charge in [0.05, 0.1) is 24.5 Å². The SMILES string of the molecule is CCCCc1cc(C(F)(F)F)c(-c2cc(=O)[nH]c(N3CCOCC3)n2)cn1. The number of nitrogens with one attached hydrogen (secondary N) is 1. The highest BCUT2D eigenvalue weighted by atomic mass is 19.4. The second kappa shape index (κ2) is 8.08. The largest absolute Gasteiger partial charge is 0.417 e. The van der Waals surface area contributed by atoms with Gasteiger partial charge in [0.1, 0.15) is 0 Å². The summed E-state index contributed by atoms with van der Waals surface area (Å²) in [6.07, 6.45) is -1.31. The molecule has 0 spiro atoms. The molecule has 27 heavy (non-hydrogen) atoms. The number of H-pyrrole nitrogens is 1. The van der Waals surface area contributed by atoms with Gasteiger partial charge in [-0.05, 0) is 18.9 Å². The number of anilines is 1. The van der Waals surface area contributed by atoms with Gasteiger partial charge in [-0.2, -0.15) is 13.2 Å². The number of hydrogen-bond donors (Lipinski definition) is 1. The molecule has 6 nitrogen and oxygen atoms in total. The Morgan fingerprint density at radius 2 is 2.00 bits per heavy atom. The third-order valence-corrected chi connectivity index (χ3v) is 4.37. The lowest BCUT2D eigenvalue weighted by molar-refractivity contribution is -0.137. The predicted molar refractivity (Wildman–Crippen MR) is 94.7 cm³/mol. The van der Waals surface area contributed by atoms with Gasteiger partial charge in [-0.3, -0.25) is 14.8 Å². The van der Waals surface area contributed by atoms with Crippen LogP contribution >= 0.6 is 0 Å². The van der Waals surface area contributed by atoms with Gasteiger partial charge >= 0.3 is 6.18 Å². The number of nitrogens with zero attached hydrogens (tertiary/aromatic N) is 3. The van der Waals surface area contributed by atoms with E-state index in [0.717, 1.165) is 25.0 Å². The zero-order chi connectivity index (χ0) is 19.4. The molecule has 0 atom stereocenters. The molecule has 0 radical (unpaired) electrons. The minimum atomic E-state index is -4.57. The third-order valence-electron chi connectivity index (χ3n) is 4.37. The van der Waals surface area contributed by atoms with Gasteiger partial charge in [-0.15, -0.1) is 0 Å². The Morgan fingerprint density at radius 3 is 2.67 bits per heavy atom. The summed E-state index contributed by atoms with van der Waals surface area (Å²) in [4.78, 5) is 24.8. The maximum absolute atomic E-state index is 13.6. The Morgan fingerprint density at radius 1 is 1.26 bits per heavy atom. The number of pyridine rings is 1. The molecule has 2 aromatic heterocycles. The maximum Gasteiger partial charge on any atom is 0.417 e. The molecule has 9 heteroatoms. The van der Waals surface area contributed by atoms with Crippen molar-refractivity contribution in [3.8, 4) is 11.3 Å². The van der Waals surface area contributed by atoms with Gasteiger partial charge in [0.15, 0.2) is 0 Å². The van der Waals surface area contributed by atoms with E-state index >= 15 is 0 Å². The lowest BCUT2D eigenvalue weighted by Crippen LogP contribution is -2.38. The predicted octanol–water partition coefficient (Wildman–Crippen LogP) is 3.03. The zero-order valence-corrected chi connectivity index (χ0v) is 15.0. The zero-order valence-electron chi connectivity index (χ0n) is 15.0. The maximum atomic E-state index is 13.6. The van der Waals surface area contributed by atoms with Crippen molar-refractivity contribution in [1.29, 1.82) is 0 Å². The first kappa shape index (κ1) is 19.3. The smallest absolute Gasteiger partial charge is 0.378 e. The fourth-order valence-electron chi connectivity index (χ4n) is 2.94. The molecule has 146 valence electrons. The van der Waals surface area contributed by atoms with Gasteiger partial charge in [0.25, 0.3) is 5.56 Å². The molecule has 1 aliphatic rings. The molecule has 3 heterocycles. The number of rotatable bonds is 5. The summed E-state index contributed by atoms with van der Waals surface area (Å²) in [5.74, 6) is 0.240. The van der Waals surface area contributed by atoms with E-state index in [2.05, 4.69) is 15.0 Å². The molecular formula is C18H21F3N4O2. The van der Waals surface area contributed by atoms with Crippen LogP contribution in [-0.2, 0) is 17.3 Å². The van der Waals surface area contributed by atoms with E-state index in [0.29, 0.717) is 38.4 Å². The number of hydrogen-bond acceptors (Lipinski definition) is 5. The Hall–Kier alpha value is -2.42. The number of aromatic amines is 1. The van der Waals surface area contributed by atoms with Gasteiger partial charge < -0.3 is 9.64 Å². The number of aryl methyl sites for hydroxylation is 1. The van der Waals surface area contributed by atoms with Crippen molar-refractivity contribution in [2.45, 2.75) is 32.4 Å². The van der Waals surface area contributed by atoms with Crippen molar-refractivity contribution in [1.82, 2.24) is 15.0 Å². The van der Waals surface area contributed by atoms with E-state index in [1.54, 1.807) is 4.90 Å². The molecule has 0 unspecified atom stereocenters. The van der Waals surface area contributed by atoms with E-state index < -0.39 is 17.3 Å². The summed E-state index contributed by atoms with van der Waals surface area (Å²) in [6, 6.07) is 2.13. The van der Waals surface area contributed by atoms with Crippen molar-refractivity contribution >= 4 is 5.95 Å². The second-order valence-corrected chi connectivity index (χ2v) is 6.38. The molecule has 3 rings (SSSR count). The van der Waals surface area contributed by atoms with Crippen LogP contribution in [0.4, 0.5) is 19.1 Å². The summed E-state index contributed by atoms with van der Waals surface area (Å²) < 4.78 is 46.1. The van der Waals surface area contributed by atoms with E-state index in [-0.39, 0.29) is 17.2 Å². The Bertz CT molecular complexity index is 845. The Labute approximate surface area is 154 Å². The first-order valence-electron chi connectivity index (χ1n) is 8.89. The van der Waals surface area contributed by atoms with Crippen LogP contribution in [0.2, 0.25) is 0 Å². The lowest BCUT2D eigenvalue weighted by atomic mass is 10.0. The van der Waals surface area contributed by atoms with Crippen LogP contribution in [0.5, 0.6) is 0 Å². The molecule has 0 bridgehead atoms. The molecule has 1 fully saturated rings. The van der Waals surface area contributed by atoms with Crippen LogP contribution in [0.25, 0.3) is 11.3 Å². The van der Waals surface area contributed by atoms with Crippen LogP contribution in [-0.4, -0.2) is 41.3 Å². The number of aromatic nitrogens is 3. The molecule has 0 amide bonds. The average Bonchev–Trinajstić information content (AvgIpc) is 2.65. The monoisotopic (exact) mass is 382 g/mol. The normalized spacial score (nSPS) is 15.2. The summed E-state index contributed by atoms with van der Waals surface area (Å²) in [7, 11) is 0. The first-order chi connectivity index (χ1) is 12.9. The fourth-order valence-corrected chi connectivity index (χ4v) is 2.94. The number of unbranched alkanes of at least 4 members (excludes halogenated alkanes) is 1. The van der Waals surface area contributed by atoms with Crippen LogP contribution in [0.15, 0.2) is 23.1 Å². The summed E-state index contributed by atoms with van der Waals surface area (Å²) in [5, 5.41) is 0. The number of halogens is 3. The highest BCUT2D eigenvalue weighted by molar-refractivity contribution is 5.64. The quantitative estimate of drug-likeness (QED) is 0.861. The minimum Gasteiger partial charge on any atom is -0.378 e. The van der Waals surface area contributed by atoms with Crippen LogP contribution in [0.3, 0.4) is 0 Å². The molecule has 2 aromatic rings. The highest BCUT2D eigenvalue weighted by Gasteiger charge is 2.35. The standard InChI is InChI=1S/C18H21F3N4O2/c1-2-3-4-12-9-14(18(19,20)21)13(11-22-12)15-10-16(26)24-17(23-15)25-5-7-27-8-6-25/h9-11H,2-8H2,1H3,(H,23,24,26). The van der Waals surface area contributed by atoms with Crippen molar-refractivity contribution in [3.05, 3.63) is 39.9 Å². The van der Waals surface area contributed by atoms with Gasteiger partial charge in [-0.1, -0.05) is 13.3 Å². The van der Waals surface area contributed by atoms with E-state index in [1.165, 1.54) is 6.20 Å². The number of morpholine rings is 1. The van der Waals surface area contributed by atoms with Crippen molar-refractivity contribution in [3.63, 3.8) is 0 Å². The molecule has 1 aliphatic heterocycles. The minimum absolute atomic E-state index is 0.0397. The number of alkyl halides is 3. The molecule has 0 aliphatic carbocycles. The van der Waals surface area contributed by atoms with E-state index in [1.807, 2.05) is 6.92 Å². The lowest BCUT2D eigenvalue weighted by Gasteiger charge is -2.27. The summed E-state index contributed by atoms with van der Waals surface area (Å²) in [5.41, 5.74) is -1.18. The Balaban J connectivity index is 2.04. The van der Waals surface area contributed by atoms with Crippen LogP contribution in [0, 0.1) is 0 Å². The van der Waals surface area contributed by atoms with Gasteiger partial charge in [0, 0.05) is 36.6 Å². The van der Waals surface area contributed by atoms with Crippen molar-refractivity contribution in [2.75, 3.05) is 31.2 Å². The molecule has 0 saturated carbocycles. The van der Waals surface area contributed by atoms with Crippen molar-refractivity contribution < 1.29 is 17.9 Å².